The van der Waals surface area contributed by atoms with Crippen LogP contribution in [0, 0.1) is 0 Å². The molecule has 0 saturated heterocycles. The molecule has 11 rings (SSSR count). The molecule has 4 heteroatoms. The molecule has 0 spiro atoms. The first kappa shape index (κ1) is 22.6. The molecule has 0 aliphatic rings. The van der Waals surface area contributed by atoms with Crippen molar-refractivity contribution in [1.29, 1.82) is 0 Å². The smallest absolute Gasteiger partial charge is 0.138 e. The van der Waals surface area contributed by atoms with Gasteiger partial charge in [0, 0.05) is 49.3 Å². The zero-order valence-corrected chi connectivity index (χ0v) is 23.5. The summed E-state index contributed by atoms with van der Waals surface area (Å²) in [6.45, 7) is 0. The molecule has 0 amide bonds. The van der Waals surface area contributed by atoms with Crippen molar-refractivity contribution in [1.82, 2.24) is 18.9 Å². The van der Waals surface area contributed by atoms with E-state index in [1.165, 1.54) is 65.2 Å². The van der Waals surface area contributed by atoms with Gasteiger partial charge in [0.1, 0.15) is 5.82 Å². The predicted molar refractivity (Wildman–Crippen MR) is 184 cm³/mol. The molecular weight excluding hydrogens is 536 g/mol. The lowest BCUT2D eigenvalue weighted by atomic mass is 10.0. The fraction of sp³-hybridized carbons (Fsp3) is 0. The summed E-state index contributed by atoms with van der Waals surface area (Å²) >= 11 is 0. The molecule has 6 aromatic carbocycles. The molecule has 0 N–H and O–H groups in total. The molecule has 5 aromatic heterocycles. The molecule has 0 saturated carbocycles. The maximum atomic E-state index is 5.36. The Kier molecular flexibility index (Phi) is 4.04. The van der Waals surface area contributed by atoms with Gasteiger partial charge in [0.05, 0.1) is 38.6 Å². The fourth-order valence-corrected chi connectivity index (χ4v) is 7.77. The minimum absolute atomic E-state index is 0.898. The summed E-state index contributed by atoms with van der Waals surface area (Å²) in [5, 5.41) is 12.2. The van der Waals surface area contributed by atoms with Crippen LogP contribution >= 0.6 is 0 Å². The first-order valence-corrected chi connectivity index (χ1v) is 15.0. The normalized spacial score (nSPS) is 12.5. The van der Waals surface area contributed by atoms with Crippen LogP contribution < -0.4 is 0 Å². The molecule has 0 aliphatic heterocycles. The number of rotatable bonds is 1. The largest absolute Gasteiger partial charge is 0.308 e. The quantitative estimate of drug-likeness (QED) is 0.188. The van der Waals surface area contributed by atoms with Gasteiger partial charge in [-0.25, -0.2) is 4.98 Å². The van der Waals surface area contributed by atoms with Crippen molar-refractivity contribution >= 4 is 92.5 Å². The zero-order chi connectivity index (χ0) is 28.5. The molecule has 0 atom stereocenters. The van der Waals surface area contributed by atoms with Crippen molar-refractivity contribution in [2.45, 2.75) is 0 Å². The van der Waals surface area contributed by atoms with Gasteiger partial charge in [0.2, 0.25) is 0 Å². The van der Waals surface area contributed by atoms with Gasteiger partial charge in [0.25, 0.3) is 0 Å². The first-order valence-electron chi connectivity index (χ1n) is 15.0. The Bertz CT molecular complexity index is 3000. The third-order valence-electron chi connectivity index (χ3n) is 9.61. The van der Waals surface area contributed by atoms with Crippen LogP contribution in [0.25, 0.3) is 98.3 Å². The van der Waals surface area contributed by atoms with Crippen molar-refractivity contribution in [3.8, 4) is 5.82 Å². The second-order valence-corrected chi connectivity index (χ2v) is 11.8. The van der Waals surface area contributed by atoms with Crippen molar-refractivity contribution in [3.63, 3.8) is 0 Å². The second kappa shape index (κ2) is 7.88. The number of para-hydroxylation sites is 2. The molecule has 11 aromatic rings. The predicted octanol–water partition coefficient (Wildman–Crippen LogP) is 10.2. The number of benzene rings is 6. The Balaban J connectivity index is 1.41. The highest BCUT2D eigenvalue weighted by Crippen LogP contribution is 2.47. The van der Waals surface area contributed by atoms with Crippen LogP contribution in [0.3, 0.4) is 0 Å². The summed E-state index contributed by atoms with van der Waals surface area (Å²) in [4.78, 5) is 10.1. The number of nitrogens with zero attached hydrogens (tertiary/aromatic N) is 4. The molecular formula is C40H22N4. The summed E-state index contributed by atoms with van der Waals surface area (Å²) in [6.07, 6.45) is 1.86. The molecule has 44 heavy (non-hydrogen) atoms. The van der Waals surface area contributed by atoms with Crippen LogP contribution in [0.15, 0.2) is 134 Å². The minimum Gasteiger partial charge on any atom is -0.308 e. The number of aromatic nitrogens is 4. The van der Waals surface area contributed by atoms with E-state index in [-0.39, 0.29) is 0 Å². The lowest BCUT2D eigenvalue weighted by Gasteiger charge is -2.10. The topological polar surface area (TPSA) is 35.1 Å². The van der Waals surface area contributed by atoms with Gasteiger partial charge in [-0.3, -0.25) is 9.55 Å². The zero-order valence-electron chi connectivity index (χ0n) is 23.5. The molecule has 0 bridgehead atoms. The summed E-state index contributed by atoms with van der Waals surface area (Å²) in [6, 6.07) is 46.1. The Morgan fingerprint density at radius 1 is 0.432 bits per heavy atom. The van der Waals surface area contributed by atoms with Crippen LogP contribution in [-0.2, 0) is 0 Å². The van der Waals surface area contributed by atoms with E-state index in [0.717, 1.165) is 33.1 Å². The lowest BCUT2D eigenvalue weighted by Crippen LogP contribution is -1.98. The van der Waals surface area contributed by atoms with Crippen LogP contribution in [0.1, 0.15) is 0 Å². The Hall–Kier alpha value is -6.00. The van der Waals surface area contributed by atoms with Crippen molar-refractivity contribution in [3.05, 3.63) is 134 Å². The third kappa shape index (κ3) is 2.69. The Labute approximate surface area is 250 Å². The summed E-state index contributed by atoms with van der Waals surface area (Å²) in [5.41, 5.74) is 7.92. The number of hydrogen-bond donors (Lipinski definition) is 0. The van der Waals surface area contributed by atoms with Gasteiger partial charge in [-0.15, -0.1) is 0 Å². The second-order valence-electron chi connectivity index (χ2n) is 11.8. The maximum absolute atomic E-state index is 5.36. The Morgan fingerprint density at radius 3 is 1.95 bits per heavy atom. The highest BCUT2D eigenvalue weighted by Gasteiger charge is 2.25. The van der Waals surface area contributed by atoms with Crippen LogP contribution in [0.2, 0.25) is 0 Å². The highest BCUT2D eigenvalue weighted by atomic mass is 15.1. The number of fused-ring (bicyclic) bond motifs is 14. The van der Waals surface area contributed by atoms with Crippen LogP contribution in [-0.4, -0.2) is 18.9 Å². The van der Waals surface area contributed by atoms with Gasteiger partial charge in [-0.2, -0.15) is 0 Å². The van der Waals surface area contributed by atoms with E-state index in [9.17, 15) is 0 Å². The van der Waals surface area contributed by atoms with Gasteiger partial charge in [0.15, 0.2) is 0 Å². The number of pyridine rings is 2. The van der Waals surface area contributed by atoms with Gasteiger partial charge < -0.3 is 4.40 Å². The average molecular weight is 559 g/mol. The van der Waals surface area contributed by atoms with Gasteiger partial charge in [-0.05, 0) is 59.3 Å². The summed E-state index contributed by atoms with van der Waals surface area (Å²) in [7, 11) is 0. The van der Waals surface area contributed by atoms with Crippen LogP contribution in [0.4, 0.5) is 0 Å². The van der Waals surface area contributed by atoms with E-state index in [4.69, 9.17) is 9.97 Å². The molecule has 0 unspecified atom stereocenters. The number of hydrogen-bond acceptors (Lipinski definition) is 2. The molecule has 0 radical (unpaired) electrons. The molecule has 0 aliphatic carbocycles. The van der Waals surface area contributed by atoms with E-state index < -0.39 is 0 Å². The first-order chi connectivity index (χ1) is 21.8. The summed E-state index contributed by atoms with van der Waals surface area (Å²) < 4.78 is 4.86. The third-order valence-corrected chi connectivity index (χ3v) is 9.61. The van der Waals surface area contributed by atoms with E-state index in [1.54, 1.807) is 0 Å². The molecule has 0 fully saturated rings. The minimum atomic E-state index is 0.898. The van der Waals surface area contributed by atoms with E-state index in [0.29, 0.717) is 0 Å². The monoisotopic (exact) mass is 558 g/mol. The van der Waals surface area contributed by atoms with Crippen molar-refractivity contribution in [2.24, 2.45) is 0 Å². The van der Waals surface area contributed by atoms with Gasteiger partial charge in [-0.1, -0.05) is 78.9 Å². The summed E-state index contributed by atoms with van der Waals surface area (Å²) in [5.74, 6) is 0.898. The van der Waals surface area contributed by atoms with E-state index >= 15 is 0 Å². The highest BCUT2D eigenvalue weighted by molar-refractivity contribution is 6.34. The fourth-order valence-electron chi connectivity index (χ4n) is 7.77. The SMILES string of the molecule is c1ccc2cc3c(cc2c1)c1c2c(cc4c5ccccc5n3c41)c1ccccc1n2-c1ccc2ccc3cccnc3c2n1. The standard InChI is InChI=1S/C40H22N4/c1-2-9-26-21-34-31(20-25(26)8-1)36-39-29(27-11-3-5-13-32(27)43(34)39)22-30-28-12-4-6-14-33(28)44(40(30)36)35-18-17-24-16-15-23-10-7-19-41-37(23)38(24)42-35/h1-22H. The van der Waals surface area contributed by atoms with Crippen molar-refractivity contribution in [2.75, 3.05) is 0 Å². The molecule has 202 valence electrons. The van der Waals surface area contributed by atoms with E-state index in [1.807, 2.05) is 12.3 Å². The Morgan fingerprint density at radius 2 is 1.09 bits per heavy atom. The lowest BCUT2D eigenvalue weighted by molar-refractivity contribution is 1.11. The van der Waals surface area contributed by atoms with E-state index in [2.05, 4.69) is 130 Å². The molecule has 5 heterocycles. The van der Waals surface area contributed by atoms with Crippen molar-refractivity contribution < 1.29 is 0 Å². The van der Waals surface area contributed by atoms with Crippen LogP contribution in [0.5, 0.6) is 0 Å². The maximum Gasteiger partial charge on any atom is 0.138 e. The average Bonchev–Trinajstić information content (AvgIpc) is 3.71. The molecule has 4 nitrogen and oxygen atoms in total. The van der Waals surface area contributed by atoms with Gasteiger partial charge >= 0.3 is 0 Å².